The van der Waals surface area contributed by atoms with Gasteiger partial charge < -0.3 is 11.1 Å². The largest absolute Gasteiger partial charge is 0.330 e. The summed E-state index contributed by atoms with van der Waals surface area (Å²) in [7, 11) is 0. The standard InChI is InChI=1S/C8H16N2/c9-5-7-4-8(10-6-7)2-1-3-8/h7,10H,1-6,9H2. The summed E-state index contributed by atoms with van der Waals surface area (Å²) in [5.74, 6) is 0.764. The summed E-state index contributed by atoms with van der Waals surface area (Å²) in [6.07, 6.45) is 5.54. The van der Waals surface area contributed by atoms with Gasteiger partial charge in [0.15, 0.2) is 0 Å². The highest BCUT2D eigenvalue weighted by Crippen LogP contribution is 2.40. The van der Waals surface area contributed by atoms with Crippen LogP contribution >= 0.6 is 0 Å². The molecule has 1 spiro atoms. The van der Waals surface area contributed by atoms with Crippen molar-refractivity contribution in [3.63, 3.8) is 0 Å². The Labute approximate surface area is 62.2 Å². The van der Waals surface area contributed by atoms with Crippen LogP contribution in [0.5, 0.6) is 0 Å². The van der Waals surface area contributed by atoms with Crippen LogP contribution in [0.4, 0.5) is 0 Å². The highest BCUT2D eigenvalue weighted by atomic mass is 15.0. The van der Waals surface area contributed by atoms with E-state index in [4.69, 9.17) is 5.73 Å². The lowest BCUT2D eigenvalue weighted by Crippen LogP contribution is -2.45. The topological polar surface area (TPSA) is 38.0 Å². The average molecular weight is 140 g/mol. The molecule has 2 nitrogen and oxygen atoms in total. The number of rotatable bonds is 1. The van der Waals surface area contributed by atoms with E-state index in [9.17, 15) is 0 Å². The van der Waals surface area contributed by atoms with E-state index in [1.54, 1.807) is 0 Å². The van der Waals surface area contributed by atoms with Crippen LogP contribution in [-0.4, -0.2) is 18.6 Å². The molecule has 1 saturated carbocycles. The molecule has 2 rings (SSSR count). The van der Waals surface area contributed by atoms with Gasteiger partial charge in [0, 0.05) is 5.54 Å². The minimum atomic E-state index is 0.560. The lowest BCUT2D eigenvalue weighted by molar-refractivity contribution is 0.211. The predicted molar refractivity (Wildman–Crippen MR) is 41.7 cm³/mol. The van der Waals surface area contributed by atoms with E-state index < -0.39 is 0 Å². The Morgan fingerprint density at radius 3 is 2.60 bits per heavy atom. The lowest BCUT2D eigenvalue weighted by Gasteiger charge is -2.38. The average Bonchev–Trinajstić information content (AvgIpc) is 2.29. The molecule has 1 unspecified atom stereocenters. The van der Waals surface area contributed by atoms with Crippen molar-refractivity contribution >= 4 is 0 Å². The van der Waals surface area contributed by atoms with Gasteiger partial charge in [0.05, 0.1) is 0 Å². The van der Waals surface area contributed by atoms with Crippen molar-refractivity contribution in [2.24, 2.45) is 11.7 Å². The van der Waals surface area contributed by atoms with Gasteiger partial charge in [-0.15, -0.1) is 0 Å². The normalized spacial score (nSPS) is 36.3. The van der Waals surface area contributed by atoms with Gasteiger partial charge in [0.2, 0.25) is 0 Å². The summed E-state index contributed by atoms with van der Waals surface area (Å²) in [4.78, 5) is 0. The molecule has 2 heteroatoms. The second kappa shape index (κ2) is 2.21. The highest BCUT2D eigenvalue weighted by Gasteiger charge is 2.42. The van der Waals surface area contributed by atoms with Crippen LogP contribution < -0.4 is 11.1 Å². The molecule has 2 aliphatic rings. The lowest BCUT2D eigenvalue weighted by atomic mass is 9.74. The van der Waals surface area contributed by atoms with E-state index in [1.165, 1.54) is 25.7 Å². The van der Waals surface area contributed by atoms with Crippen LogP contribution in [0.25, 0.3) is 0 Å². The highest BCUT2D eigenvalue weighted by molar-refractivity contribution is 5.02. The van der Waals surface area contributed by atoms with Gasteiger partial charge in [-0.3, -0.25) is 0 Å². The van der Waals surface area contributed by atoms with Crippen LogP contribution in [0.3, 0.4) is 0 Å². The molecule has 0 amide bonds. The fourth-order valence-electron chi connectivity index (χ4n) is 2.21. The van der Waals surface area contributed by atoms with Crippen LogP contribution in [-0.2, 0) is 0 Å². The van der Waals surface area contributed by atoms with Crippen molar-refractivity contribution in [1.29, 1.82) is 0 Å². The SMILES string of the molecule is NCC1CNC2(CCC2)C1. The molecule has 1 aliphatic heterocycles. The summed E-state index contributed by atoms with van der Waals surface area (Å²) >= 11 is 0. The van der Waals surface area contributed by atoms with E-state index in [-0.39, 0.29) is 0 Å². The first kappa shape index (κ1) is 6.62. The van der Waals surface area contributed by atoms with Crippen LogP contribution in [0, 0.1) is 5.92 Å². The quantitative estimate of drug-likeness (QED) is 0.556. The van der Waals surface area contributed by atoms with Crippen LogP contribution in [0.15, 0.2) is 0 Å². The van der Waals surface area contributed by atoms with Gasteiger partial charge in [-0.1, -0.05) is 0 Å². The molecule has 1 heterocycles. The molecule has 0 aromatic rings. The molecule has 1 atom stereocenters. The summed E-state index contributed by atoms with van der Waals surface area (Å²) in [5.41, 5.74) is 6.15. The maximum Gasteiger partial charge on any atom is 0.0185 e. The van der Waals surface area contributed by atoms with E-state index >= 15 is 0 Å². The monoisotopic (exact) mass is 140 g/mol. The Bertz CT molecular complexity index is 129. The number of hydrogen-bond acceptors (Lipinski definition) is 2. The smallest absolute Gasteiger partial charge is 0.0185 e. The van der Waals surface area contributed by atoms with E-state index in [2.05, 4.69) is 5.32 Å². The zero-order valence-corrected chi connectivity index (χ0v) is 6.40. The molecule has 3 N–H and O–H groups in total. The van der Waals surface area contributed by atoms with Crippen LogP contribution in [0.2, 0.25) is 0 Å². The van der Waals surface area contributed by atoms with Gasteiger partial charge in [-0.25, -0.2) is 0 Å². The molecule has 1 aliphatic carbocycles. The van der Waals surface area contributed by atoms with Gasteiger partial charge in [0.1, 0.15) is 0 Å². The molecule has 58 valence electrons. The van der Waals surface area contributed by atoms with E-state index in [0.29, 0.717) is 5.54 Å². The van der Waals surface area contributed by atoms with Crippen LogP contribution in [0.1, 0.15) is 25.7 Å². The summed E-state index contributed by atoms with van der Waals surface area (Å²) < 4.78 is 0. The Balaban J connectivity index is 1.92. The van der Waals surface area contributed by atoms with Crippen molar-refractivity contribution in [2.45, 2.75) is 31.2 Å². The maximum atomic E-state index is 5.59. The first-order valence-corrected chi connectivity index (χ1v) is 4.30. The second-order valence-corrected chi connectivity index (χ2v) is 3.82. The maximum absolute atomic E-state index is 5.59. The fourth-order valence-corrected chi connectivity index (χ4v) is 2.21. The van der Waals surface area contributed by atoms with Gasteiger partial charge >= 0.3 is 0 Å². The molecular weight excluding hydrogens is 124 g/mol. The van der Waals surface area contributed by atoms with Crippen molar-refractivity contribution in [3.05, 3.63) is 0 Å². The predicted octanol–water partition coefficient (Wildman–Crippen LogP) is 0.477. The minimum absolute atomic E-state index is 0.560. The van der Waals surface area contributed by atoms with Gasteiger partial charge in [0.25, 0.3) is 0 Å². The molecule has 0 aromatic carbocycles. The fraction of sp³-hybridized carbons (Fsp3) is 1.00. The zero-order valence-electron chi connectivity index (χ0n) is 6.40. The Morgan fingerprint density at radius 2 is 2.30 bits per heavy atom. The zero-order chi connectivity index (χ0) is 7.03. The van der Waals surface area contributed by atoms with Crippen molar-refractivity contribution in [2.75, 3.05) is 13.1 Å². The first-order valence-electron chi connectivity index (χ1n) is 4.30. The number of nitrogens with two attached hydrogens (primary N) is 1. The minimum Gasteiger partial charge on any atom is -0.330 e. The van der Waals surface area contributed by atoms with E-state index in [1.807, 2.05) is 0 Å². The second-order valence-electron chi connectivity index (χ2n) is 3.82. The molecular formula is C8H16N2. The number of hydrogen-bond donors (Lipinski definition) is 2. The van der Waals surface area contributed by atoms with Crippen molar-refractivity contribution in [1.82, 2.24) is 5.32 Å². The third-order valence-electron chi connectivity index (χ3n) is 3.09. The first-order chi connectivity index (χ1) is 4.85. The Morgan fingerprint density at radius 1 is 1.50 bits per heavy atom. The molecule has 10 heavy (non-hydrogen) atoms. The Hall–Kier alpha value is -0.0800. The van der Waals surface area contributed by atoms with Crippen molar-refractivity contribution < 1.29 is 0 Å². The van der Waals surface area contributed by atoms with Gasteiger partial charge in [-0.2, -0.15) is 0 Å². The summed E-state index contributed by atoms with van der Waals surface area (Å²) in [6, 6.07) is 0. The van der Waals surface area contributed by atoms with E-state index in [0.717, 1.165) is 19.0 Å². The third-order valence-corrected chi connectivity index (χ3v) is 3.09. The number of nitrogens with one attached hydrogen (secondary N) is 1. The summed E-state index contributed by atoms with van der Waals surface area (Å²) in [6.45, 7) is 2.03. The Kier molecular flexibility index (Phi) is 1.46. The molecule has 1 saturated heterocycles. The third kappa shape index (κ3) is 0.867. The summed E-state index contributed by atoms with van der Waals surface area (Å²) in [5, 5.41) is 3.59. The molecule has 0 aromatic heterocycles. The molecule has 0 radical (unpaired) electrons. The van der Waals surface area contributed by atoms with Crippen molar-refractivity contribution in [3.8, 4) is 0 Å². The molecule has 0 bridgehead atoms. The molecule has 2 fully saturated rings. The van der Waals surface area contributed by atoms with Gasteiger partial charge in [-0.05, 0) is 44.7 Å².